The van der Waals surface area contributed by atoms with Gasteiger partial charge in [-0.2, -0.15) is 0 Å². The topological polar surface area (TPSA) is 165 Å². The molecule has 2 fully saturated rings. The number of benzene rings is 2. The molecule has 0 spiro atoms. The van der Waals surface area contributed by atoms with E-state index in [0.29, 0.717) is 13.0 Å². The molecule has 6 aromatic rings. The number of nitrogens with zero attached hydrogens (tertiary/aromatic N) is 4. The van der Waals surface area contributed by atoms with Crippen molar-refractivity contribution in [3.05, 3.63) is 72.1 Å². The molecule has 3 amide bonds. The minimum absolute atomic E-state index is 0.0303. The lowest BCUT2D eigenvalue weighted by molar-refractivity contribution is -0.131. The molecule has 2 aliphatic rings. The van der Waals surface area contributed by atoms with Crippen LogP contribution in [0, 0.1) is 0 Å². The Morgan fingerprint density at radius 1 is 0.767 bits per heavy atom. The van der Waals surface area contributed by atoms with Gasteiger partial charge in [0, 0.05) is 55.0 Å². The summed E-state index contributed by atoms with van der Waals surface area (Å²) in [7, 11) is 3.11. The van der Waals surface area contributed by atoms with Crippen molar-refractivity contribution in [2.45, 2.75) is 73.1 Å². The van der Waals surface area contributed by atoms with Crippen molar-refractivity contribution in [2.24, 2.45) is 0 Å². The number of imidazole rings is 2. The molecule has 0 unspecified atom stereocenters. The fourth-order valence-corrected chi connectivity index (χ4v) is 8.53. The molecule has 324 valence electrons. The largest absolute Gasteiger partial charge is 0.471 e. The molecule has 60 heavy (non-hydrogen) atoms. The van der Waals surface area contributed by atoms with E-state index in [1.807, 2.05) is 33.8 Å². The summed E-state index contributed by atoms with van der Waals surface area (Å²) in [6.45, 7) is 14.5. The smallest absolute Gasteiger partial charge is 0.292 e. The third kappa shape index (κ3) is 15.3. The van der Waals surface area contributed by atoms with Crippen LogP contribution in [0.15, 0.2) is 72.1 Å². The van der Waals surface area contributed by atoms with Gasteiger partial charge in [0.2, 0.25) is 17.7 Å². The van der Waals surface area contributed by atoms with Crippen molar-refractivity contribution in [3.63, 3.8) is 0 Å². The highest BCUT2D eigenvalue weighted by Crippen LogP contribution is 2.44. The SMILES string of the molecule is CC(=O)NCC(=O)N1CCCC1.CCC.CCC.CNCC(=O)N1CCCC1.COC=O.c1ncc(-c2ccc(-c3csc4c(-c5ccc6nc[nH]c6c5)csc34)cc2)[nH]1. The summed E-state index contributed by atoms with van der Waals surface area (Å²) < 4.78 is 6.55. The van der Waals surface area contributed by atoms with Crippen molar-refractivity contribution >= 4 is 67.3 Å². The van der Waals surface area contributed by atoms with E-state index >= 15 is 0 Å². The van der Waals surface area contributed by atoms with Gasteiger partial charge < -0.3 is 35.1 Å². The maximum absolute atomic E-state index is 11.3. The van der Waals surface area contributed by atoms with Crippen LogP contribution in [0.25, 0.3) is 53.9 Å². The third-order valence-corrected chi connectivity index (χ3v) is 11.0. The van der Waals surface area contributed by atoms with Gasteiger partial charge in [-0.25, -0.2) is 9.97 Å². The van der Waals surface area contributed by atoms with E-state index in [1.54, 1.807) is 24.6 Å². The van der Waals surface area contributed by atoms with Crippen LogP contribution in [0.2, 0.25) is 0 Å². The van der Waals surface area contributed by atoms with Crippen molar-refractivity contribution in [1.29, 1.82) is 0 Å². The van der Waals surface area contributed by atoms with Crippen LogP contribution in [-0.2, 0) is 23.9 Å². The van der Waals surface area contributed by atoms with E-state index in [9.17, 15) is 14.4 Å². The molecule has 0 atom stereocenters. The molecule has 2 saturated heterocycles. The summed E-state index contributed by atoms with van der Waals surface area (Å²) in [4.78, 5) is 60.3. The number of likely N-dealkylation sites (N-methyl/N-ethyl adjacent to an activating group) is 1. The Balaban J connectivity index is 0.000000249. The van der Waals surface area contributed by atoms with Crippen molar-refractivity contribution in [1.82, 2.24) is 40.4 Å². The van der Waals surface area contributed by atoms with E-state index in [1.165, 1.54) is 71.4 Å². The second-order valence-electron chi connectivity index (χ2n) is 14.0. The Hall–Kier alpha value is -5.38. The summed E-state index contributed by atoms with van der Waals surface area (Å²) in [6.07, 6.45) is 12.3. The number of thiophene rings is 2. The van der Waals surface area contributed by atoms with E-state index in [2.05, 4.69) is 116 Å². The number of nitrogens with one attached hydrogen (secondary N) is 4. The fourth-order valence-electron chi connectivity index (χ4n) is 6.07. The molecule has 0 bridgehead atoms. The number of methoxy groups -OCH3 is 1. The average Bonchev–Trinajstić information content (AvgIpc) is 4.11. The lowest BCUT2D eigenvalue weighted by Crippen LogP contribution is -2.37. The zero-order valence-electron chi connectivity index (χ0n) is 36.1. The molecule has 0 saturated carbocycles. The van der Waals surface area contributed by atoms with Gasteiger partial charge in [-0.15, -0.1) is 22.7 Å². The van der Waals surface area contributed by atoms with Crippen LogP contribution in [-0.4, -0.2) is 107 Å². The molecule has 13 nitrogen and oxygen atoms in total. The van der Waals surface area contributed by atoms with Crippen molar-refractivity contribution in [2.75, 3.05) is 53.4 Å². The zero-order chi connectivity index (χ0) is 43.7. The molecule has 8 rings (SSSR count). The minimum Gasteiger partial charge on any atom is -0.471 e. The first kappa shape index (κ1) is 49.0. The van der Waals surface area contributed by atoms with Gasteiger partial charge in [0.15, 0.2) is 0 Å². The first-order valence-electron chi connectivity index (χ1n) is 20.6. The molecule has 0 radical (unpaired) electrons. The van der Waals surface area contributed by atoms with Gasteiger partial charge in [0.1, 0.15) is 0 Å². The number of aromatic nitrogens is 4. The number of amides is 3. The maximum atomic E-state index is 11.3. The van der Waals surface area contributed by atoms with Crippen molar-refractivity contribution < 1.29 is 23.9 Å². The van der Waals surface area contributed by atoms with E-state index in [-0.39, 0.29) is 24.3 Å². The Morgan fingerprint density at radius 2 is 1.27 bits per heavy atom. The first-order chi connectivity index (χ1) is 29.1. The quantitative estimate of drug-likeness (QED) is 0.110. The van der Waals surface area contributed by atoms with E-state index < -0.39 is 0 Å². The van der Waals surface area contributed by atoms with Gasteiger partial charge in [-0.3, -0.25) is 19.2 Å². The summed E-state index contributed by atoms with van der Waals surface area (Å²) >= 11 is 3.63. The molecular weight excluding hydrogens is 797 g/mol. The number of carbonyl (C=O) groups is 4. The van der Waals surface area contributed by atoms with Gasteiger partial charge in [-0.1, -0.05) is 70.9 Å². The fraction of sp³-hybridized carbons (Fsp3) is 0.422. The van der Waals surface area contributed by atoms with Crippen LogP contribution in [0.3, 0.4) is 0 Å². The highest BCUT2D eigenvalue weighted by atomic mass is 32.1. The third-order valence-electron chi connectivity index (χ3n) is 8.85. The predicted octanol–water partition coefficient (Wildman–Crippen LogP) is 8.76. The summed E-state index contributed by atoms with van der Waals surface area (Å²) in [5.74, 6) is 0.116. The zero-order valence-corrected chi connectivity index (χ0v) is 37.8. The highest BCUT2D eigenvalue weighted by molar-refractivity contribution is 7.27. The van der Waals surface area contributed by atoms with Crippen LogP contribution in [0.1, 0.15) is 73.1 Å². The van der Waals surface area contributed by atoms with Gasteiger partial charge in [0.25, 0.3) is 6.47 Å². The van der Waals surface area contributed by atoms with Crippen LogP contribution < -0.4 is 10.6 Å². The van der Waals surface area contributed by atoms with E-state index in [0.717, 1.165) is 61.3 Å². The number of hydrogen-bond acceptors (Lipinski definition) is 10. The number of hydrogen-bond donors (Lipinski definition) is 4. The maximum Gasteiger partial charge on any atom is 0.292 e. The molecule has 4 N–H and O–H groups in total. The number of fused-ring (bicyclic) bond motifs is 2. The van der Waals surface area contributed by atoms with E-state index in [4.69, 9.17) is 4.79 Å². The number of aromatic amines is 2. The first-order valence-corrected chi connectivity index (χ1v) is 22.3. The summed E-state index contributed by atoms with van der Waals surface area (Å²) in [5, 5.41) is 9.88. The Kier molecular flexibility index (Phi) is 22.4. The molecule has 2 aromatic carbocycles. The number of ether oxygens (including phenoxy) is 1. The lowest BCUT2D eigenvalue weighted by Gasteiger charge is -2.14. The Labute approximate surface area is 362 Å². The predicted molar refractivity (Wildman–Crippen MR) is 247 cm³/mol. The minimum atomic E-state index is -0.150. The molecular formula is C45H62N8O5S2. The Bertz CT molecular complexity index is 2130. The second-order valence-corrected chi connectivity index (χ2v) is 15.8. The molecule has 6 heterocycles. The number of likely N-dealkylation sites (tertiary alicyclic amines) is 2. The molecule has 2 aliphatic heterocycles. The average molecular weight is 859 g/mol. The summed E-state index contributed by atoms with van der Waals surface area (Å²) in [5.41, 5.74) is 9.32. The summed E-state index contributed by atoms with van der Waals surface area (Å²) in [6, 6.07) is 15.1. The number of H-pyrrole nitrogens is 2. The van der Waals surface area contributed by atoms with Gasteiger partial charge >= 0.3 is 0 Å². The van der Waals surface area contributed by atoms with Crippen molar-refractivity contribution in [3.8, 4) is 33.5 Å². The Morgan fingerprint density at radius 3 is 1.75 bits per heavy atom. The van der Waals surface area contributed by atoms with Gasteiger partial charge in [0.05, 0.1) is 65.2 Å². The normalized spacial score (nSPS) is 12.6. The number of rotatable bonds is 8. The van der Waals surface area contributed by atoms with Crippen LogP contribution in [0.4, 0.5) is 0 Å². The van der Waals surface area contributed by atoms with Gasteiger partial charge in [-0.05, 0) is 61.6 Å². The standard InChI is InChI=1S/C22H14N4S2.C8H14N2O2.C7H14N2O.2C3H8.C2H4O2/c1-3-14(20-8-23-11-24-20)4-2-13(1)16-9-27-22-17(10-28-21(16)22)15-5-6-18-19(7-15)26-12-25-18;1-7(11)9-6-8(12)10-4-2-3-5-10;1-8-6-7(10)9-4-2-3-5-9;2*1-3-2;1-4-2-3/h1-12H,(H,23,24)(H,25,26);2-6H2,1H3,(H,9,11);8H,2-6H2,1H3;2*3H2,1-2H3;2H,1H3. The lowest BCUT2D eigenvalue weighted by atomic mass is 10.0. The molecule has 4 aromatic heterocycles. The second kappa shape index (κ2) is 27.4. The monoisotopic (exact) mass is 858 g/mol. The molecule has 15 heteroatoms. The van der Waals surface area contributed by atoms with Crippen LogP contribution in [0.5, 0.6) is 0 Å². The van der Waals surface area contributed by atoms with Crippen LogP contribution >= 0.6 is 22.7 Å². The number of carbonyl (C=O) groups excluding carboxylic acids is 4. The molecule has 0 aliphatic carbocycles. The highest BCUT2D eigenvalue weighted by Gasteiger charge is 2.18.